The van der Waals surface area contributed by atoms with Gasteiger partial charge in [0.1, 0.15) is 0 Å². The van der Waals surface area contributed by atoms with Gasteiger partial charge in [0.05, 0.1) is 4.90 Å². The lowest BCUT2D eigenvalue weighted by atomic mass is 9.98. The zero-order valence-corrected chi connectivity index (χ0v) is 16.2. The van der Waals surface area contributed by atoms with Gasteiger partial charge in [0, 0.05) is 19.1 Å². The minimum atomic E-state index is -3.37. The molecule has 1 saturated carbocycles. The smallest absolute Gasteiger partial charge is 0.243 e. The van der Waals surface area contributed by atoms with E-state index in [0.717, 1.165) is 25.7 Å². The molecule has 1 heterocycles. The Labute approximate surface area is 152 Å². The van der Waals surface area contributed by atoms with Gasteiger partial charge in [-0.3, -0.25) is 0 Å². The Hall–Kier alpha value is -0.620. The molecule has 6 heteroatoms. The van der Waals surface area contributed by atoms with Crippen molar-refractivity contribution in [3.8, 4) is 0 Å². The Morgan fingerprint density at radius 2 is 1.83 bits per heavy atom. The highest BCUT2D eigenvalue weighted by molar-refractivity contribution is 7.89. The van der Waals surface area contributed by atoms with Crippen molar-refractivity contribution in [3.63, 3.8) is 0 Å². The van der Waals surface area contributed by atoms with Crippen molar-refractivity contribution >= 4 is 22.4 Å². The Morgan fingerprint density at radius 3 is 2.42 bits per heavy atom. The van der Waals surface area contributed by atoms with Gasteiger partial charge < -0.3 is 5.73 Å². The monoisotopic (exact) mass is 372 g/mol. The van der Waals surface area contributed by atoms with Gasteiger partial charge in [-0.1, -0.05) is 26.0 Å². The molecule has 1 aliphatic carbocycles. The van der Waals surface area contributed by atoms with E-state index in [1.165, 1.54) is 5.56 Å². The number of rotatable bonds is 5. The predicted molar refractivity (Wildman–Crippen MR) is 99.8 cm³/mol. The maximum absolute atomic E-state index is 12.8. The van der Waals surface area contributed by atoms with E-state index in [9.17, 15) is 8.42 Å². The van der Waals surface area contributed by atoms with Crippen LogP contribution in [0.15, 0.2) is 29.2 Å². The molecule has 0 spiro atoms. The van der Waals surface area contributed by atoms with Gasteiger partial charge in [-0.2, -0.15) is 4.31 Å². The van der Waals surface area contributed by atoms with Gasteiger partial charge >= 0.3 is 0 Å². The van der Waals surface area contributed by atoms with Crippen LogP contribution < -0.4 is 5.73 Å². The van der Waals surface area contributed by atoms with Crippen LogP contribution in [0.4, 0.5) is 0 Å². The molecule has 0 amide bonds. The van der Waals surface area contributed by atoms with Crippen LogP contribution in [0.3, 0.4) is 0 Å². The summed E-state index contributed by atoms with van der Waals surface area (Å²) in [5.74, 6) is 1.45. The van der Waals surface area contributed by atoms with Crippen LogP contribution in [0.5, 0.6) is 0 Å². The molecular formula is C18H29ClN2O2S. The first-order valence-corrected chi connectivity index (χ1v) is 10.2. The number of benzene rings is 1. The summed E-state index contributed by atoms with van der Waals surface area (Å²) in [6.07, 6.45) is 4.22. The second-order valence-corrected chi connectivity index (χ2v) is 9.50. The first-order valence-electron chi connectivity index (χ1n) is 8.72. The lowest BCUT2D eigenvalue weighted by Gasteiger charge is -2.19. The summed E-state index contributed by atoms with van der Waals surface area (Å²) < 4.78 is 27.3. The molecule has 1 saturated heterocycles. The van der Waals surface area contributed by atoms with Crippen molar-refractivity contribution in [2.75, 3.05) is 13.1 Å². The van der Waals surface area contributed by atoms with Crippen molar-refractivity contribution in [1.29, 1.82) is 0 Å². The summed E-state index contributed by atoms with van der Waals surface area (Å²) in [4.78, 5) is 0.416. The molecule has 0 bridgehead atoms. The molecule has 1 aromatic carbocycles. The molecule has 3 rings (SSSR count). The summed E-state index contributed by atoms with van der Waals surface area (Å²) in [5.41, 5.74) is 7.33. The van der Waals surface area contributed by atoms with Gasteiger partial charge in [0.2, 0.25) is 10.0 Å². The average molecular weight is 373 g/mol. The van der Waals surface area contributed by atoms with Crippen LogP contribution in [0.2, 0.25) is 0 Å². The zero-order valence-electron chi connectivity index (χ0n) is 14.5. The molecule has 136 valence electrons. The van der Waals surface area contributed by atoms with E-state index in [4.69, 9.17) is 5.73 Å². The van der Waals surface area contributed by atoms with E-state index >= 15 is 0 Å². The second-order valence-electron chi connectivity index (χ2n) is 7.56. The lowest BCUT2D eigenvalue weighted by molar-refractivity contribution is 0.427. The van der Waals surface area contributed by atoms with Crippen LogP contribution in [0, 0.1) is 17.8 Å². The van der Waals surface area contributed by atoms with Crippen LogP contribution in [0.25, 0.3) is 0 Å². The highest BCUT2D eigenvalue weighted by Gasteiger charge is 2.44. The molecule has 1 aliphatic heterocycles. The van der Waals surface area contributed by atoms with Crippen molar-refractivity contribution in [2.45, 2.75) is 50.5 Å². The quantitative estimate of drug-likeness (QED) is 0.863. The second kappa shape index (κ2) is 7.73. The van der Waals surface area contributed by atoms with E-state index in [1.807, 2.05) is 12.1 Å². The minimum Gasteiger partial charge on any atom is -0.327 e. The molecule has 4 nitrogen and oxygen atoms in total. The maximum Gasteiger partial charge on any atom is 0.243 e. The van der Waals surface area contributed by atoms with Crippen LogP contribution in [0.1, 0.15) is 38.7 Å². The molecule has 2 N–H and O–H groups in total. The molecule has 3 unspecified atom stereocenters. The first-order chi connectivity index (χ1) is 10.9. The van der Waals surface area contributed by atoms with Gasteiger partial charge in [-0.15, -0.1) is 12.4 Å². The van der Waals surface area contributed by atoms with Gasteiger partial charge in [0.15, 0.2) is 0 Å². The Bertz CT molecular complexity index is 645. The molecule has 0 aromatic heterocycles. The summed E-state index contributed by atoms with van der Waals surface area (Å²) >= 11 is 0. The molecule has 0 radical (unpaired) electrons. The van der Waals surface area contributed by atoms with E-state index in [2.05, 4.69) is 13.8 Å². The molecule has 24 heavy (non-hydrogen) atoms. The van der Waals surface area contributed by atoms with Crippen molar-refractivity contribution in [3.05, 3.63) is 29.8 Å². The average Bonchev–Trinajstić information content (AvgIpc) is 3.09. The van der Waals surface area contributed by atoms with Crippen LogP contribution in [-0.2, 0) is 16.4 Å². The van der Waals surface area contributed by atoms with Crippen molar-refractivity contribution in [2.24, 2.45) is 23.5 Å². The molecular weight excluding hydrogens is 344 g/mol. The van der Waals surface area contributed by atoms with Gasteiger partial charge in [-0.05, 0) is 61.1 Å². The predicted octanol–water partition coefficient (Wildman–Crippen LogP) is 3.05. The van der Waals surface area contributed by atoms with Crippen molar-refractivity contribution < 1.29 is 8.42 Å². The standard InChI is InChI=1S/C18H28N2O2S.ClH/c1-13(2)3-4-14-5-8-16(9-6-14)23(21,22)20-11-15-7-10-18(19)17(15)12-20;/h5-6,8-9,13,15,17-18H,3-4,7,10-12,19H2,1-2H3;1H. The number of fused-ring (bicyclic) bond motifs is 1. The normalized spacial score (nSPS) is 27.2. The number of nitrogens with zero attached hydrogens (tertiary/aromatic N) is 1. The Morgan fingerprint density at radius 1 is 1.17 bits per heavy atom. The minimum absolute atomic E-state index is 0. The molecule has 3 atom stereocenters. The van der Waals surface area contributed by atoms with E-state index < -0.39 is 10.0 Å². The number of sulfonamides is 1. The third-order valence-corrected chi connectivity index (χ3v) is 7.30. The van der Waals surface area contributed by atoms with Crippen LogP contribution >= 0.6 is 12.4 Å². The third kappa shape index (κ3) is 3.96. The van der Waals surface area contributed by atoms with Gasteiger partial charge in [-0.25, -0.2) is 8.42 Å². The summed E-state index contributed by atoms with van der Waals surface area (Å²) in [6, 6.07) is 7.60. The third-order valence-electron chi connectivity index (χ3n) is 5.45. The molecule has 2 aliphatic rings. The van der Waals surface area contributed by atoms with Crippen LogP contribution in [-0.4, -0.2) is 31.9 Å². The highest BCUT2D eigenvalue weighted by Crippen LogP contribution is 2.39. The largest absolute Gasteiger partial charge is 0.327 e. The Balaban J connectivity index is 0.00000208. The summed E-state index contributed by atoms with van der Waals surface area (Å²) in [5, 5.41) is 0. The van der Waals surface area contributed by atoms with Crippen molar-refractivity contribution in [1.82, 2.24) is 4.31 Å². The topological polar surface area (TPSA) is 63.4 Å². The van der Waals surface area contributed by atoms with E-state index in [0.29, 0.717) is 35.7 Å². The molecule has 1 aromatic rings. The molecule has 2 fully saturated rings. The number of halogens is 1. The maximum atomic E-state index is 12.8. The number of hydrogen-bond acceptors (Lipinski definition) is 3. The zero-order chi connectivity index (χ0) is 16.6. The fourth-order valence-corrected chi connectivity index (χ4v) is 5.43. The fourth-order valence-electron chi connectivity index (χ4n) is 3.90. The SMILES string of the molecule is CC(C)CCc1ccc(S(=O)(=O)N2CC3CCC(N)C3C2)cc1.Cl. The fraction of sp³-hybridized carbons (Fsp3) is 0.667. The van der Waals surface area contributed by atoms with Gasteiger partial charge in [0.25, 0.3) is 0 Å². The highest BCUT2D eigenvalue weighted by atomic mass is 35.5. The van der Waals surface area contributed by atoms with E-state index in [1.54, 1.807) is 16.4 Å². The lowest BCUT2D eigenvalue weighted by Crippen LogP contribution is -2.33. The first kappa shape index (κ1) is 19.7. The number of hydrogen-bond donors (Lipinski definition) is 1. The summed E-state index contributed by atoms with van der Waals surface area (Å²) in [6.45, 7) is 5.63. The summed E-state index contributed by atoms with van der Waals surface area (Å²) in [7, 11) is -3.37. The number of aryl methyl sites for hydroxylation is 1. The Kier molecular flexibility index (Phi) is 6.35. The van der Waals surface area contributed by atoms with E-state index in [-0.39, 0.29) is 18.4 Å². The number of nitrogens with two attached hydrogens (primary N) is 1.